The number of hydrogen-bond donors (Lipinski definition) is 3. The smallest absolute Gasteiger partial charge is 0.237 e. The van der Waals surface area contributed by atoms with Gasteiger partial charge in [0.15, 0.2) is 11.6 Å². The predicted octanol–water partition coefficient (Wildman–Crippen LogP) is 1.91. The minimum Gasteiger partial charge on any atom is -0.368 e. The van der Waals surface area contributed by atoms with Crippen molar-refractivity contribution in [3.8, 4) is 0 Å². The van der Waals surface area contributed by atoms with E-state index >= 15 is 0 Å². The Labute approximate surface area is 127 Å². The first-order valence-electron chi connectivity index (χ1n) is 6.40. The highest BCUT2D eigenvalue weighted by Gasteiger charge is 2.27. The number of halogens is 2. The number of anilines is 2. The molecule has 0 atom stereocenters. The van der Waals surface area contributed by atoms with Crippen molar-refractivity contribution in [1.82, 2.24) is 4.98 Å². The van der Waals surface area contributed by atoms with Crippen LogP contribution in [-0.2, 0) is 4.79 Å². The molecule has 1 amide bonds. The van der Waals surface area contributed by atoms with Crippen LogP contribution in [0.1, 0.15) is 25.7 Å². The van der Waals surface area contributed by atoms with Gasteiger partial charge in [-0.25, -0.2) is 10.8 Å². The lowest BCUT2D eigenvalue weighted by atomic mass is 10.2. The molecule has 1 aromatic heterocycles. The van der Waals surface area contributed by atoms with Crippen molar-refractivity contribution >= 4 is 40.7 Å². The molecule has 1 aliphatic rings. The number of hydrogen-bond acceptors (Lipinski definition) is 5. The molecular weight excluding hydrogens is 301 g/mol. The number of nitrogens with zero attached hydrogens (tertiary/aromatic N) is 2. The monoisotopic (exact) mass is 317 g/mol. The summed E-state index contributed by atoms with van der Waals surface area (Å²) in [6.45, 7) is 0.0725. The highest BCUT2D eigenvalue weighted by atomic mass is 35.5. The minimum atomic E-state index is -0.424. The number of aromatic nitrogens is 1. The summed E-state index contributed by atoms with van der Waals surface area (Å²) in [5, 5.41) is 0.703. The summed E-state index contributed by atoms with van der Waals surface area (Å²) in [7, 11) is 0. The molecule has 0 spiro atoms. The normalized spacial score (nSPS) is 15.3. The molecule has 1 fully saturated rings. The van der Waals surface area contributed by atoms with E-state index in [9.17, 15) is 4.79 Å². The van der Waals surface area contributed by atoms with Gasteiger partial charge in [-0.2, -0.15) is 0 Å². The first-order chi connectivity index (χ1) is 9.52. The fourth-order valence-electron chi connectivity index (χ4n) is 2.52. The number of amides is 1. The van der Waals surface area contributed by atoms with Gasteiger partial charge in [0, 0.05) is 6.04 Å². The maximum Gasteiger partial charge on any atom is 0.237 e. The van der Waals surface area contributed by atoms with E-state index in [1.54, 1.807) is 6.07 Å². The molecule has 110 valence electrons. The highest BCUT2D eigenvalue weighted by Crippen LogP contribution is 2.35. The van der Waals surface area contributed by atoms with Crippen molar-refractivity contribution in [2.75, 3.05) is 16.9 Å². The molecule has 6 nitrogen and oxygen atoms in total. The maximum atomic E-state index is 11.3. The molecule has 0 unspecified atom stereocenters. The second-order valence-corrected chi connectivity index (χ2v) is 5.62. The number of nitrogens with one attached hydrogen (secondary N) is 1. The van der Waals surface area contributed by atoms with E-state index in [1.165, 1.54) is 0 Å². The van der Waals surface area contributed by atoms with Gasteiger partial charge in [-0.3, -0.25) is 4.79 Å². The fraction of sp³-hybridized carbons (Fsp3) is 0.500. The van der Waals surface area contributed by atoms with Crippen LogP contribution in [0.15, 0.2) is 6.07 Å². The van der Waals surface area contributed by atoms with Crippen LogP contribution in [0.25, 0.3) is 0 Å². The number of nitrogens with two attached hydrogens (primary N) is 2. The highest BCUT2D eigenvalue weighted by molar-refractivity contribution is 6.37. The molecule has 1 aromatic rings. The Morgan fingerprint density at radius 3 is 2.60 bits per heavy atom. The van der Waals surface area contributed by atoms with Gasteiger partial charge in [-0.1, -0.05) is 36.0 Å². The standard InChI is InChI=1S/C12H17Cl2N5O/c13-8-5-9(14)12(17-11(8)18-16)19(6-10(15)20)7-3-1-2-4-7/h5,7H,1-4,6,16H2,(H2,15,20)(H,17,18). The third-order valence-corrected chi connectivity index (χ3v) is 3.98. The van der Waals surface area contributed by atoms with Crippen LogP contribution >= 0.6 is 23.2 Å². The molecule has 1 aliphatic carbocycles. The Hall–Kier alpha value is -1.24. The van der Waals surface area contributed by atoms with Crippen LogP contribution in [0.5, 0.6) is 0 Å². The van der Waals surface area contributed by atoms with Crippen LogP contribution in [-0.4, -0.2) is 23.5 Å². The van der Waals surface area contributed by atoms with Crippen molar-refractivity contribution in [2.24, 2.45) is 11.6 Å². The van der Waals surface area contributed by atoms with E-state index in [4.69, 9.17) is 34.8 Å². The summed E-state index contributed by atoms with van der Waals surface area (Å²) in [6, 6.07) is 1.77. The third kappa shape index (κ3) is 3.26. The first-order valence-corrected chi connectivity index (χ1v) is 7.16. The van der Waals surface area contributed by atoms with Crippen LogP contribution in [0.2, 0.25) is 10.0 Å². The summed E-state index contributed by atoms with van der Waals surface area (Å²) < 4.78 is 0. The van der Waals surface area contributed by atoms with E-state index in [0.717, 1.165) is 25.7 Å². The van der Waals surface area contributed by atoms with Crippen molar-refractivity contribution in [3.05, 3.63) is 16.1 Å². The van der Waals surface area contributed by atoms with Crippen molar-refractivity contribution < 1.29 is 4.79 Å². The first kappa shape index (κ1) is 15.2. The van der Waals surface area contributed by atoms with E-state index < -0.39 is 5.91 Å². The van der Waals surface area contributed by atoms with Gasteiger partial charge in [0.25, 0.3) is 0 Å². The molecule has 2 rings (SSSR count). The van der Waals surface area contributed by atoms with Gasteiger partial charge in [-0.05, 0) is 18.9 Å². The zero-order valence-corrected chi connectivity index (χ0v) is 12.4. The molecule has 1 saturated carbocycles. The van der Waals surface area contributed by atoms with Gasteiger partial charge < -0.3 is 16.1 Å². The lowest BCUT2D eigenvalue weighted by molar-refractivity contribution is -0.116. The molecule has 5 N–H and O–H groups in total. The Morgan fingerprint density at radius 1 is 1.40 bits per heavy atom. The maximum absolute atomic E-state index is 11.3. The predicted molar refractivity (Wildman–Crippen MR) is 80.9 cm³/mol. The Balaban J connectivity index is 2.38. The summed E-state index contributed by atoms with van der Waals surface area (Å²) in [5.74, 6) is 5.75. The van der Waals surface area contributed by atoms with Crippen LogP contribution in [0.3, 0.4) is 0 Å². The number of hydrazine groups is 1. The summed E-state index contributed by atoms with van der Waals surface area (Å²) in [5.41, 5.74) is 7.75. The lowest BCUT2D eigenvalue weighted by Crippen LogP contribution is -2.41. The van der Waals surface area contributed by atoms with Gasteiger partial charge in [0.1, 0.15) is 0 Å². The van der Waals surface area contributed by atoms with E-state index in [1.807, 2.05) is 4.90 Å². The largest absolute Gasteiger partial charge is 0.368 e. The molecular formula is C12H17Cl2N5O. The lowest BCUT2D eigenvalue weighted by Gasteiger charge is -2.30. The SMILES string of the molecule is NNc1nc(N(CC(N)=O)C2CCCC2)c(Cl)cc1Cl. The molecule has 0 aromatic carbocycles. The van der Waals surface area contributed by atoms with Crippen molar-refractivity contribution in [3.63, 3.8) is 0 Å². The molecule has 0 radical (unpaired) electrons. The summed E-state index contributed by atoms with van der Waals surface area (Å²) >= 11 is 12.2. The van der Waals surface area contributed by atoms with Crippen molar-refractivity contribution in [1.29, 1.82) is 0 Å². The van der Waals surface area contributed by atoms with Crippen LogP contribution in [0, 0.1) is 0 Å². The van der Waals surface area contributed by atoms with Crippen LogP contribution < -0.4 is 21.9 Å². The van der Waals surface area contributed by atoms with Crippen molar-refractivity contribution in [2.45, 2.75) is 31.7 Å². The van der Waals surface area contributed by atoms with Gasteiger partial charge in [0.2, 0.25) is 5.91 Å². The second kappa shape index (κ2) is 6.47. The number of primary amides is 1. The molecule has 1 heterocycles. The average Bonchev–Trinajstić information content (AvgIpc) is 2.90. The molecule has 0 aliphatic heterocycles. The number of carbonyl (C=O) groups is 1. The Morgan fingerprint density at radius 2 is 2.05 bits per heavy atom. The zero-order valence-electron chi connectivity index (χ0n) is 10.9. The van der Waals surface area contributed by atoms with E-state index in [2.05, 4.69) is 10.4 Å². The molecule has 8 heteroatoms. The minimum absolute atomic E-state index is 0.0725. The number of pyridine rings is 1. The molecule has 0 bridgehead atoms. The summed E-state index contributed by atoms with van der Waals surface area (Å²) in [6.07, 6.45) is 4.21. The number of carbonyl (C=O) groups excluding carboxylic acids is 1. The van der Waals surface area contributed by atoms with Crippen LogP contribution in [0.4, 0.5) is 11.6 Å². The Bertz CT molecular complexity index is 505. The van der Waals surface area contributed by atoms with Gasteiger partial charge in [0.05, 0.1) is 16.6 Å². The topological polar surface area (TPSA) is 97.3 Å². The van der Waals surface area contributed by atoms with E-state index in [-0.39, 0.29) is 12.6 Å². The summed E-state index contributed by atoms with van der Waals surface area (Å²) in [4.78, 5) is 17.5. The average molecular weight is 318 g/mol. The number of nitrogen functional groups attached to an aromatic ring is 1. The molecule has 20 heavy (non-hydrogen) atoms. The van der Waals surface area contributed by atoms with E-state index in [0.29, 0.717) is 21.7 Å². The molecule has 0 saturated heterocycles. The quantitative estimate of drug-likeness (QED) is 0.569. The second-order valence-electron chi connectivity index (χ2n) is 4.80. The number of rotatable bonds is 5. The van der Waals surface area contributed by atoms with Gasteiger partial charge >= 0.3 is 0 Å². The zero-order chi connectivity index (χ0) is 14.7. The Kier molecular flexibility index (Phi) is 4.91. The third-order valence-electron chi connectivity index (χ3n) is 3.41. The fourth-order valence-corrected chi connectivity index (χ4v) is 3.04. The van der Waals surface area contributed by atoms with Gasteiger partial charge in [-0.15, -0.1) is 0 Å².